The van der Waals surface area contributed by atoms with Crippen LogP contribution < -0.4 is 0 Å². The minimum absolute atomic E-state index is 0.0209. The molecule has 1 saturated carbocycles. The minimum atomic E-state index is -0.373. The second-order valence-electron chi connectivity index (χ2n) is 4.09. The Labute approximate surface area is 103 Å². The van der Waals surface area contributed by atoms with Gasteiger partial charge in [0.15, 0.2) is 0 Å². The maximum Gasteiger partial charge on any atom is 0.110 e. The van der Waals surface area contributed by atoms with Crippen molar-refractivity contribution < 1.29 is 24.1 Å². The molecule has 0 aromatic carbocycles. The minimum Gasteiger partial charge on any atom is -0.390 e. The van der Waals surface area contributed by atoms with E-state index in [1.165, 1.54) is 0 Å². The summed E-state index contributed by atoms with van der Waals surface area (Å²) in [4.78, 5) is 0. The largest absolute Gasteiger partial charge is 0.390 e. The van der Waals surface area contributed by atoms with Crippen molar-refractivity contribution in [3.05, 3.63) is 0 Å². The van der Waals surface area contributed by atoms with E-state index in [2.05, 4.69) is 0 Å². The smallest absolute Gasteiger partial charge is 0.110 e. The first-order valence-corrected chi connectivity index (χ1v) is 6.27. The van der Waals surface area contributed by atoms with E-state index in [-0.39, 0.29) is 18.3 Å². The van der Waals surface area contributed by atoms with E-state index in [0.29, 0.717) is 32.8 Å². The Hall–Kier alpha value is -0.200. The lowest BCUT2D eigenvalue weighted by Gasteiger charge is -2.40. The first-order valence-electron chi connectivity index (χ1n) is 6.27. The maximum absolute atomic E-state index is 9.46. The summed E-state index contributed by atoms with van der Waals surface area (Å²) in [5.74, 6) is 0. The lowest BCUT2D eigenvalue weighted by molar-refractivity contribution is -0.193. The van der Waals surface area contributed by atoms with Crippen LogP contribution in [0.4, 0.5) is 0 Å². The van der Waals surface area contributed by atoms with Crippen molar-refractivity contribution in [3.8, 4) is 0 Å². The lowest BCUT2D eigenvalue weighted by atomic mass is 9.88. The van der Waals surface area contributed by atoms with Gasteiger partial charge in [-0.2, -0.15) is 0 Å². The molecule has 5 heteroatoms. The summed E-state index contributed by atoms with van der Waals surface area (Å²) < 4.78 is 21.2. The molecule has 3 atom stereocenters. The zero-order chi connectivity index (χ0) is 12.5. The summed E-state index contributed by atoms with van der Waals surface area (Å²) in [6.07, 6.45) is 1.05. The molecule has 0 bridgehead atoms. The molecule has 0 radical (unpaired) electrons. The molecule has 3 unspecified atom stereocenters. The summed E-state index contributed by atoms with van der Waals surface area (Å²) >= 11 is 0. The van der Waals surface area contributed by atoms with Crippen LogP contribution in [0.3, 0.4) is 0 Å². The van der Waals surface area contributed by atoms with Gasteiger partial charge in [0, 0.05) is 33.4 Å². The highest BCUT2D eigenvalue weighted by Gasteiger charge is 2.41. The van der Waals surface area contributed by atoms with E-state index in [4.69, 9.17) is 18.9 Å². The van der Waals surface area contributed by atoms with Gasteiger partial charge in [0.05, 0.1) is 25.4 Å². The van der Waals surface area contributed by atoms with E-state index < -0.39 is 0 Å². The van der Waals surface area contributed by atoms with Crippen LogP contribution in [0.2, 0.25) is 0 Å². The first-order chi connectivity index (χ1) is 8.29. The second kappa shape index (κ2) is 8.83. The number of methoxy groups -OCH3 is 1. The van der Waals surface area contributed by atoms with E-state index in [9.17, 15) is 5.11 Å². The van der Waals surface area contributed by atoms with E-state index in [0.717, 1.165) is 13.0 Å². The SMILES string of the molecule is CCOC1C(O)CC1OCCOCCCOC. The normalized spacial score (nSPS) is 28.1. The predicted molar refractivity (Wildman–Crippen MR) is 63.1 cm³/mol. The molecule has 1 rings (SSSR count). The molecule has 1 fully saturated rings. The molecule has 0 aliphatic heterocycles. The molecule has 1 aliphatic carbocycles. The van der Waals surface area contributed by atoms with Gasteiger partial charge in [-0.05, 0) is 13.3 Å². The zero-order valence-corrected chi connectivity index (χ0v) is 10.8. The van der Waals surface area contributed by atoms with Crippen LogP contribution in [0.15, 0.2) is 0 Å². The third kappa shape index (κ3) is 5.31. The van der Waals surface area contributed by atoms with Gasteiger partial charge in [-0.1, -0.05) is 0 Å². The Bertz CT molecular complexity index is 188. The summed E-state index contributed by atoms with van der Waals surface area (Å²) in [7, 11) is 1.68. The van der Waals surface area contributed by atoms with Crippen molar-refractivity contribution in [3.63, 3.8) is 0 Å². The summed E-state index contributed by atoms with van der Waals surface area (Å²) in [5.41, 5.74) is 0. The van der Waals surface area contributed by atoms with Gasteiger partial charge < -0.3 is 24.1 Å². The Morgan fingerprint density at radius 3 is 2.59 bits per heavy atom. The average molecular weight is 248 g/mol. The molecule has 0 saturated heterocycles. The van der Waals surface area contributed by atoms with Crippen molar-refractivity contribution >= 4 is 0 Å². The fourth-order valence-corrected chi connectivity index (χ4v) is 1.80. The molecule has 17 heavy (non-hydrogen) atoms. The number of hydrogen-bond acceptors (Lipinski definition) is 5. The fraction of sp³-hybridized carbons (Fsp3) is 1.00. The number of aliphatic hydroxyl groups excluding tert-OH is 1. The molecule has 0 aromatic heterocycles. The van der Waals surface area contributed by atoms with Crippen molar-refractivity contribution in [1.29, 1.82) is 0 Å². The molecule has 1 N–H and O–H groups in total. The summed E-state index contributed by atoms with van der Waals surface area (Å²) in [6, 6.07) is 0. The highest BCUT2D eigenvalue weighted by Crippen LogP contribution is 2.26. The number of hydrogen-bond donors (Lipinski definition) is 1. The lowest BCUT2D eigenvalue weighted by Crippen LogP contribution is -2.53. The van der Waals surface area contributed by atoms with Gasteiger partial charge in [-0.3, -0.25) is 0 Å². The van der Waals surface area contributed by atoms with E-state index >= 15 is 0 Å². The predicted octanol–water partition coefficient (Wildman–Crippen LogP) is 0.594. The maximum atomic E-state index is 9.46. The van der Waals surface area contributed by atoms with Gasteiger partial charge >= 0.3 is 0 Å². The van der Waals surface area contributed by atoms with Crippen LogP contribution in [-0.2, 0) is 18.9 Å². The van der Waals surface area contributed by atoms with Crippen molar-refractivity contribution in [2.24, 2.45) is 0 Å². The van der Waals surface area contributed by atoms with Crippen LogP contribution in [0.1, 0.15) is 19.8 Å². The van der Waals surface area contributed by atoms with Gasteiger partial charge in [-0.15, -0.1) is 0 Å². The summed E-state index contributed by atoms with van der Waals surface area (Å²) in [5, 5.41) is 9.46. The van der Waals surface area contributed by atoms with Crippen LogP contribution in [0, 0.1) is 0 Å². The third-order valence-electron chi connectivity index (χ3n) is 2.78. The van der Waals surface area contributed by atoms with E-state index in [1.807, 2.05) is 6.92 Å². The molecular formula is C12H24O5. The Morgan fingerprint density at radius 2 is 1.94 bits per heavy atom. The van der Waals surface area contributed by atoms with Crippen LogP contribution in [0.5, 0.6) is 0 Å². The monoisotopic (exact) mass is 248 g/mol. The van der Waals surface area contributed by atoms with Gasteiger partial charge in [0.25, 0.3) is 0 Å². The molecule has 102 valence electrons. The zero-order valence-electron chi connectivity index (χ0n) is 10.8. The highest BCUT2D eigenvalue weighted by atomic mass is 16.6. The quantitative estimate of drug-likeness (QED) is 0.574. The number of ether oxygens (including phenoxy) is 4. The average Bonchev–Trinajstić information content (AvgIpc) is 2.33. The Kier molecular flexibility index (Phi) is 7.72. The fourth-order valence-electron chi connectivity index (χ4n) is 1.80. The van der Waals surface area contributed by atoms with Gasteiger partial charge in [0.1, 0.15) is 6.10 Å². The molecule has 0 aromatic rings. The van der Waals surface area contributed by atoms with Gasteiger partial charge in [0.2, 0.25) is 0 Å². The standard InChI is InChI=1S/C12H24O5/c1-3-16-12-10(13)9-11(12)17-8-7-15-6-4-5-14-2/h10-13H,3-9H2,1-2H3. The summed E-state index contributed by atoms with van der Waals surface area (Å²) in [6.45, 7) is 5.07. The van der Waals surface area contributed by atoms with Crippen LogP contribution in [-0.4, -0.2) is 63.6 Å². The molecule has 0 spiro atoms. The van der Waals surface area contributed by atoms with Crippen molar-refractivity contribution in [2.75, 3.05) is 40.1 Å². The van der Waals surface area contributed by atoms with Crippen LogP contribution in [0.25, 0.3) is 0 Å². The molecule has 5 nitrogen and oxygen atoms in total. The molecule has 1 aliphatic rings. The van der Waals surface area contributed by atoms with Crippen molar-refractivity contribution in [1.82, 2.24) is 0 Å². The number of rotatable bonds is 10. The first kappa shape index (κ1) is 14.9. The Balaban J connectivity index is 1.92. The number of aliphatic hydroxyl groups is 1. The van der Waals surface area contributed by atoms with Gasteiger partial charge in [-0.25, -0.2) is 0 Å². The van der Waals surface area contributed by atoms with E-state index in [1.54, 1.807) is 7.11 Å². The highest BCUT2D eigenvalue weighted by molar-refractivity contribution is 4.91. The topological polar surface area (TPSA) is 57.2 Å². The second-order valence-corrected chi connectivity index (χ2v) is 4.09. The molecule has 0 heterocycles. The molecular weight excluding hydrogens is 224 g/mol. The Morgan fingerprint density at radius 1 is 1.12 bits per heavy atom. The van der Waals surface area contributed by atoms with Crippen molar-refractivity contribution in [2.45, 2.75) is 38.1 Å². The van der Waals surface area contributed by atoms with Crippen LogP contribution >= 0.6 is 0 Å². The molecule has 0 amide bonds. The third-order valence-corrected chi connectivity index (χ3v) is 2.78.